The number of rotatable bonds is 4. The van der Waals surface area contributed by atoms with Crippen LogP contribution in [0.15, 0.2) is 42.6 Å². The number of aromatic nitrogens is 2. The molecular weight excluding hydrogens is 312 g/mol. The third kappa shape index (κ3) is 4.04. The molecular formula is C20H26N4O. The summed E-state index contributed by atoms with van der Waals surface area (Å²) < 4.78 is 0. The number of likely N-dealkylation sites (N-methyl/N-ethyl adjacent to an activating group) is 1. The maximum absolute atomic E-state index is 12.6. The number of benzene rings is 1. The van der Waals surface area contributed by atoms with Crippen LogP contribution in [0.1, 0.15) is 37.0 Å². The first kappa shape index (κ1) is 17.5. The zero-order valence-corrected chi connectivity index (χ0v) is 15.2. The fourth-order valence-corrected chi connectivity index (χ4v) is 3.67. The summed E-state index contributed by atoms with van der Waals surface area (Å²) in [4.78, 5) is 14.9. The number of hydrogen-bond acceptors (Lipinski definition) is 4. The minimum atomic E-state index is -0.0955. The van der Waals surface area contributed by atoms with Crippen molar-refractivity contribution < 1.29 is 4.79 Å². The van der Waals surface area contributed by atoms with Gasteiger partial charge in [0.15, 0.2) is 0 Å². The summed E-state index contributed by atoms with van der Waals surface area (Å²) in [6, 6.07) is 11.9. The molecule has 2 heterocycles. The van der Waals surface area contributed by atoms with Crippen LogP contribution in [0.2, 0.25) is 0 Å². The first-order chi connectivity index (χ1) is 12.0. The van der Waals surface area contributed by atoms with Crippen LogP contribution in [0.5, 0.6) is 0 Å². The first-order valence-corrected chi connectivity index (χ1v) is 8.84. The molecule has 1 atom stereocenters. The minimum absolute atomic E-state index is 0.0955. The average Bonchev–Trinajstić information content (AvgIpc) is 2.61. The summed E-state index contributed by atoms with van der Waals surface area (Å²) in [7, 11) is 2.14. The molecule has 1 N–H and O–H groups in total. The van der Waals surface area contributed by atoms with Crippen molar-refractivity contribution >= 4 is 5.91 Å². The Morgan fingerprint density at radius 2 is 2.08 bits per heavy atom. The minimum Gasteiger partial charge on any atom is -0.350 e. The van der Waals surface area contributed by atoms with Crippen LogP contribution in [0.4, 0.5) is 0 Å². The van der Waals surface area contributed by atoms with E-state index in [-0.39, 0.29) is 11.3 Å². The number of likely N-dealkylation sites (tertiary alicyclic amines) is 1. The highest BCUT2D eigenvalue weighted by Gasteiger charge is 2.35. The third-order valence-electron chi connectivity index (χ3n) is 5.21. The van der Waals surface area contributed by atoms with Gasteiger partial charge in [-0.1, -0.05) is 44.2 Å². The lowest BCUT2D eigenvalue weighted by Gasteiger charge is -2.45. The van der Waals surface area contributed by atoms with Gasteiger partial charge >= 0.3 is 0 Å². The molecule has 5 heteroatoms. The third-order valence-corrected chi connectivity index (χ3v) is 5.21. The van der Waals surface area contributed by atoms with Crippen LogP contribution in [0.25, 0.3) is 11.3 Å². The predicted molar refractivity (Wildman–Crippen MR) is 99.2 cm³/mol. The molecule has 1 aliphatic rings. The van der Waals surface area contributed by atoms with Crippen LogP contribution in [0.3, 0.4) is 0 Å². The fourth-order valence-electron chi connectivity index (χ4n) is 3.67. The van der Waals surface area contributed by atoms with Crippen LogP contribution in [-0.2, 0) is 0 Å². The van der Waals surface area contributed by atoms with Gasteiger partial charge in [-0.3, -0.25) is 4.79 Å². The monoisotopic (exact) mass is 338 g/mol. The van der Waals surface area contributed by atoms with E-state index in [1.807, 2.05) is 30.3 Å². The Hall–Kier alpha value is -2.27. The van der Waals surface area contributed by atoms with Crippen molar-refractivity contribution in [2.24, 2.45) is 5.41 Å². The molecule has 1 unspecified atom stereocenters. The van der Waals surface area contributed by atoms with Crippen molar-refractivity contribution in [2.45, 2.75) is 32.7 Å². The Morgan fingerprint density at radius 3 is 2.80 bits per heavy atom. The van der Waals surface area contributed by atoms with Crippen LogP contribution in [0, 0.1) is 5.41 Å². The SMILES string of the molecule is CN1CCCC(C)(C)C1CNC(=O)c1cnnc(-c2ccccc2)c1. The van der Waals surface area contributed by atoms with Crippen molar-refractivity contribution in [1.82, 2.24) is 20.4 Å². The molecule has 0 radical (unpaired) electrons. The van der Waals surface area contributed by atoms with Gasteiger partial charge in [-0.15, -0.1) is 0 Å². The van der Waals surface area contributed by atoms with E-state index in [1.165, 1.54) is 19.0 Å². The van der Waals surface area contributed by atoms with E-state index in [0.717, 1.165) is 12.1 Å². The van der Waals surface area contributed by atoms with Crippen molar-refractivity contribution in [1.29, 1.82) is 0 Å². The zero-order chi connectivity index (χ0) is 17.9. The van der Waals surface area contributed by atoms with E-state index >= 15 is 0 Å². The van der Waals surface area contributed by atoms with E-state index in [9.17, 15) is 4.79 Å². The molecule has 1 amide bonds. The Balaban J connectivity index is 1.69. The molecule has 0 bridgehead atoms. The Labute approximate surface area is 149 Å². The fraction of sp³-hybridized carbons (Fsp3) is 0.450. The molecule has 1 saturated heterocycles. The second-order valence-corrected chi connectivity index (χ2v) is 7.49. The molecule has 0 aliphatic carbocycles. The molecule has 1 aromatic carbocycles. The van der Waals surface area contributed by atoms with E-state index in [0.29, 0.717) is 23.8 Å². The van der Waals surface area contributed by atoms with Crippen molar-refractivity contribution in [3.8, 4) is 11.3 Å². The maximum Gasteiger partial charge on any atom is 0.253 e. The van der Waals surface area contributed by atoms with Crippen LogP contribution < -0.4 is 5.32 Å². The normalized spacial score (nSPS) is 20.2. The molecule has 1 aliphatic heterocycles. The summed E-state index contributed by atoms with van der Waals surface area (Å²) in [5.41, 5.74) is 2.41. The van der Waals surface area contributed by atoms with Crippen LogP contribution >= 0.6 is 0 Å². The Morgan fingerprint density at radius 1 is 1.32 bits per heavy atom. The predicted octanol–water partition coefficient (Wildman–Crippen LogP) is 2.99. The number of hydrogen-bond donors (Lipinski definition) is 1. The lowest BCUT2D eigenvalue weighted by atomic mass is 9.76. The van der Waals surface area contributed by atoms with E-state index in [4.69, 9.17) is 0 Å². The Kier molecular flexibility index (Phi) is 5.13. The summed E-state index contributed by atoms with van der Waals surface area (Å²) in [6.07, 6.45) is 3.92. The molecule has 2 aromatic rings. The largest absolute Gasteiger partial charge is 0.350 e. The highest BCUT2D eigenvalue weighted by Crippen LogP contribution is 2.33. The number of nitrogens with zero attached hydrogens (tertiary/aromatic N) is 3. The molecule has 3 rings (SSSR count). The Bertz CT molecular complexity index is 729. The van der Waals surface area contributed by atoms with Gasteiger partial charge in [0.1, 0.15) is 0 Å². The van der Waals surface area contributed by atoms with Gasteiger partial charge in [0.05, 0.1) is 17.5 Å². The summed E-state index contributed by atoms with van der Waals surface area (Å²) in [6.45, 7) is 6.28. The molecule has 0 spiro atoms. The van der Waals surface area contributed by atoms with Gasteiger partial charge in [-0.05, 0) is 37.9 Å². The molecule has 132 valence electrons. The molecule has 1 fully saturated rings. The van der Waals surface area contributed by atoms with Crippen molar-refractivity contribution in [2.75, 3.05) is 20.1 Å². The second kappa shape index (κ2) is 7.31. The number of carbonyl (C=O) groups excluding carboxylic acids is 1. The van der Waals surface area contributed by atoms with Gasteiger partial charge in [-0.25, -0.2) is 0 Å². The van der Waals surface area contributed by atoms with Crippen molar-refractivity contribution in [3.63, 3.8) is 0 Å². The van der Waals surface area contributed by atoms with Gasteiger partial charge in [0, 0.05) is 18.2 Å². The average molecular weight is 338 g/mol. The second-order valence-electron chi connectivity index (χ2n) is 7.49. The van der Waals surface area contributed by atoms with E-state index < -0.39 is 0 Å². The standard InChI is InChI=1S/C20H26N4O/c1-20(2)10-7-11-24(3)18(20)14-21-19(25)16-12-17(23-22-13-16)15-8-5-4-6-9-15/h4-6,8-9,12-13,18H,7,10-11,14H2,1-3H3,(H,21,25). The summed E-state index contributed by atoms with van der Waals surface area (Å²) >= 11 is 0. The topological polar surface area (TPSA) is 58.1 Å². The quantitative estimate of drug-likeness (QED) is 0.931. The van der Waals surface area contributed by atoms with Crippen molar-refractivity contribution in [3.05, 3.63) is 48.2 Å². The summed E-state index contributed by atoms with van der Waals surface area (Å²) in [5, 5.41) is 11.2. The molecule has 0 saturated carbocycles. The summed E-state index contributed by atoms with van der Waals surface area (Å²) in [5.74, 6) is -0.0955. The van der Waals surface area contributed by atoms with Gasteiger partial charge in [0.25, 0.3) is 5.91 Å². The van der Waals surface area contributed by atoms with E-state index in [2.05, 4.69) is 41.3 Å². The molecule has 1 aromatic heterocycles. The first-order valence-electron chi connectivity index (χ1n) is 8.84. The highest BCUT2D eigenvalue weighted by atomic mass is 16.1. The van der Waals surface area contributed by atoms with Crippen LogP contribution in [-0.4, -0.2) is 47.2 Å². The molecule has 5 nitrogen and oxygen atoms in total. The number of nitrogens with one attached hydrogen (secondary N) is 1. The number of carbonyl (C=O) groups is 1. The van der Waals surface area contributed by atoms with Gasteiger partial charge in [-0.2, -0.15) is 10.2 Å². The number of piperidine rings is 1. The molecule has 25 heavy (non-hydrogen) atoms. The maximum atomic E-state index is 12.6. The van der Waals surface area contributed by atoms with Gasteiger partial charge < -0.3 is 10.2 Å². The smallest absolute Gasteiger partial charge is 0.253 e. The lowest BCUT2D eigenvalue weighted by molar-refractivity contribution is 0.0556. The van der Waals surface area contributed by atoms with E-state index in [1.54, 1.807) is 6.07 Å². The lowest BCUT2D eigenvalue weighted by Crippen LogP contribution is -2.53. The zero-order valence-electron chi connectivity index (χ0n) is 15.2. The number of amides is 1. The highest BCUT2D eigenvalue weighted by molar-refractivity contribution is 5.94. The van der Waals surface area contributed by atoms with Gasteiger partial charge in [0.2, 0.25) is 0 Å².